The van der Waals surface area contributed by atoms with E-state index in [0.717, 1.165) is 5.56 Å². The Labute approximate surface area is 193 Å². The fourth-order valence-electron chi connectivity index (χ4n) is 2.82. The summed E-state index contributed by atoms with van der Waals surface area (Å²) < 4.78 is 10.4. The number of para-hydroxylation sites is 1. The highest BCUT2D eigenvalue weighted by Crippen LogP contribution is 2.19. The molecule has 0 radical (unpaired) electrons. The number of nitrogens with one attached hydrogen (secondary N) is 2. The van der Waals surface area contributed by atoms with Crippen LogP contribution in [0.4, 0.5) is 10.5 Å². The van der Waals surface area contributed by atoms with Crippen LogP contribution in [0.2, 0.25) is 0 Å². The Balaban J connectivity index is 1.64. The highest BCUT2D eigenvalue weighted by atomic mass is 79.9. The zero-order chi connectivity index (χ0) is 22.9. The molecule has 3 aromatic carbocycles. The standard InChI is InChI=1S/C24H21BrN2O5/c1-2-31-24(30)32-18-13-11-16(12-14-18)22(28)27-21-10-6-3-7-17(21)15-26-23(29)19-8-4-5-9-20(19)25/h3-14H,2,15H2,1H3,(H,26,29)(H,27,28). The van der Waals surface area contributed by atoms with Crippen molar-refractivity contribution in [1.82, 2.24) is 5.32 Å². The first kappa shape index (κ1) is 23.0. The minimum absolute atomic E-state index is 0.210. The molecule has 32 heavy (non-hydrogen) atoms. The van der Waals surface area contributed by atoms with E-state index in [1.165, 1.54) is 12.1 Å². The van der Waals surface area contributed by atoms with Crippen molar-refractivity contribution in [3.05, 3.63) is 94.0 Å². The molecule has 0 fully saturated rings. The number of rotatable bonds is 7. The first-order valence-corrected chi connectivity index (χ1v) is 10.6. The molecular formula is C24H21BrN2O5. The summed E-state index contributed by atoms with van der Waals surface area (Å²) >= 11 is 3.37. The summed E-state index contributed by atoms with van der Waals surface area (Å²) in [4.78, 5) is 36.5. The predicted octanol–water partition coefficient (Wildman–Crippen LogP) is 5.17. The van der Waals surface area contributed by atoms with E-state index in [0.29, 0.717) is 21.3 Å². The zero-order valence-corrected chi connectivity index (χ0v) is 18.8. The first-order valence-electron chi connectivity index (χ1n) is 9.84. The number of hydrogen-bond acceptors (Lipinski definition) is 5. The number of anilines is 1. The Kier molecular flexibility index (Phi) is 7.99. The van der Waals surface area contributed by atoms with Crippen LogP contribution in [-0.2, 0) is 11.3 Å². The smallest absolute Gasteiger partial charge is 0.434 e. The number of hydrogen-bond donors (Lipinski definition) is 2. The molecule has 7 nitrogen and oxygen atoms in total. The van der Waals surface area contributed by atoms with Gasteiger partial charge in [-0.05, 0) is 70.9 Å². The molecule has 0 aliphatic rings. The molecule has 3 aromatic rings. The van der Waals surface area contributed by atoms with E-state index in [4.69, 9.17) is 9.47 Å². The molecule has 0 bridgehead atoms. The Morgan fingerprint density at radius 1 is 0.875 bits per heavy atom. The molecule has 8 heteroatoms. The molecule has 2 N–H and O–H groups in total. The van der Waals surface area contributed by atoms with Crippen molar-refractivity contribution in [3.63, 3.8) is 0 Å². The van der Waals surface area contributed by atoms with Gasteiger partial charge >= 0.3 is 6.16 Å². The van der Waals surface area contributed by atoms with E-state index in [9.17, 15) is 14.4 Å². The van der Waals surface area contributed by atoms with Crippen molar-refractivity contribution in [2.75, 3.05) is 11.9 Å². The molecule has 0 heterocycles. The van der Waals surface area contributed by atoms with Crippen LogP contribution in [0.5, 0.6) is 5.75 Å². The summed E-state index contributed by atoms with van der Waals surface area (Å²) in [6.45, 7) is 2.13. The van der Waals surface area contributed by atoms with Crippen LogP contribution in [0.3, 0.4) is 0 Å². The third-order valence-corrected chi connectivity index (χ3v) is 5.09. The van der Waals surface area contributed by atoms with Crippen LogP contribution in [0.1, 0.15) is 33.2 Å². The van der Waals surface area contributed by atoms with E-state index in [2.05, 4.69) is 26.6 Å². The van der Waals surface area contributed by atoms with Gasteiger partial charge in [-0.3, -0.25) is 9.59 Å². The van der Waals surface area contributed by atoms with Gasteiger partial charge in [0.1, 0.15) is 5.75 Å². The lowest BCUT2D eigenvalue weighted by molar-refractivity contribution is 0.0949. The molecule has 0 saturated carbocycles. The number of carbonyl (C=O) groups is 3. The average Bonchev–Trinajstić information content (AvgIpc) is 2.79. The van der Waals surface area contributed by atoms with Crippen molar-refractivity contribution in [3.8, 4) is 5.75 Å². The number of benzene rings is 3. The summed E-state index contributed by atoms with van der Waals surface area (Å²) in [6.07, 6.45) is -0.803. The predicted molar refractivity (Wildman–Crippen MR) is 124 cm³/mol. The average molecular weight is 497 g/mol. The van der Waals surface area contributed by atoms with Gasteiger partial charge in [0.05, 0.1) is 12.2 Å². The van der Waals surface area contributed by atoms with E-state index in [-0.39, 0.29) is 30.7 Å². The van der Waals surface area contributed by atoms with Gasteiger partial charge in [-0.25, -0.2) is 4.79 Å². The molecule has 0 spiro atoms. The van der Waals surface area contributed by atoms with E-state index >= 15 is 0 Å². The van der Waals surface area contributed by atoms with Gasteiger partial charge in [0.15, 0.2) is 0 Å². The molecule has 164 valence electrons. The number of amides is 2. The van der Waals surface area contributed by atoms with Crippen LogP contribution in [0, 0.1) is 0 Å². The minimum atomic E-state index is -0.803. The van der Waals surface area contributed by atoms with Crippen molar-refractivity contribution in [1.29, 1.82) is 0 Å². The maximum absolute atomic E-state index is 12.7. The molecule has 0 unspecified atom stereocenters. The number of halogens is 1. The molecule has 0 aromatic heterocycles. The summed E-state index contributed by atoms with van der Waals surface area (Å²) in [7, 11) is 0. The second kappa shape index (κ2) is 11.1. The Bertz CT molecular complexity index is 1120. The van der Waals surface area contributed by atoms with Crippen molar-refractivity contribution < 1.29 is 23.9 Å². The maximum atomic E-state index is 12.7. The summed E-state index contributed by atoms with van der Waals surface area (Å²) in [5.74, 6) is -0.289. The van der Waals surface area contributed by atoms with Crippen LogP contribution < -0.4 is 15.4 Å². The number of ether oxygens (including phenoxy) is 2. The Morgan fingerprint density at radius 2 is 1.56 bits per heavy atom. The van der Waals surface area contributed by atoms with Crippen molar-refractivity contribution in [2.45, 2.75) is 13.5 Å². The van der Waals surface area contributed by atoms with Crippen LogP contribution in [-0.4, -0.2) is 24.6 Å². The SMILES string of the molecule is CCOC(=O)Oc1ccc(C(=O)Nc2ccccc2CNC(=O)c2ccccc2Br)cc1. The normalized spacial score (nSPS) is 10.2. The fraction of sp³-hybridized carbons (Fsp3) is 0.125. The van der Waals surface area contributed by atoms with E-state index in [1.54, 1.807) is 49.4 Å². The lowest BCUT2D eigenvalue weighted by atomic mass is 10.1. The Hall–Kier alpha value is -3.65. The van der Waals surface area contributed by atoms with Gasteiger partial charge in [-0.15, -0.1) is 0 Å². The maximum Gasteiger partial charge on any atom is 0.513 e. The largest absolute Gasteiger partial charge is 0.513 e. The quantitative estimate of drug-likeness (QED) is 0.347. The molecule has 0 saturated heterocycles. The topological polar surface area (TPSA) is 93.7 Å². The van der Waals surface area contributed by atoms with Crippen molar-refractivity contribution >= 4 is 39.6 Å². The molecule has 3 rings (SSSR count). The van der Waals surface area contributed by atoms with E-state index in [1.807, 2.05) is 18.2 Å². The second-order valence-corrected chi connectivity index (χ2v) is 7.44. The lowest BCUT2D eigenvalue weighted by Crippen LogP contribution is -2.24. The highest BCUT2D eigenvalue weighted by molar-refractivity contribution is 9.10. The van der Waals surface area contributed by atoms with Gasteiger partial charge in [0.25, 0.3) is 11.8 Å². The zero-order valence-electron chi connectivity index (χ0n) is 17.3. The van der Waals surface area contributed by atoms with E-state index < -0.39 is 6.16 Å². The van der Waals surface area contributed by atoms with Crippen molar-refractivity contribution in [2.24, 2.45) is 0 Å². The van der Waals surface area contributed by atoms with Gasteiger partial charge in [-0.1, -0.05) is 30.3 Å². The summed E-state index contributed by atoms with van der Waals surface area (Å²) in [5.41, 5.74) is 2.24. The third kappa shape index (κ3) is 6.18. The second-order valence-electron chi connectivity index (χ2n) is 6.58. The van der Waals surface area contributed by atoms with Gasteiger partial charge in [0.2, 0.25) is 0 Å². The highest BCUT2D eigenvalue weighted by Gasteiger charge is 2.13. The van der Waals surface area contributed by atoms with Gasteiger partial charge in [-0.2, -0.15) is 0 Å². The molecule has 2 amide bonds. The first-order chi connectivity index (χ1) is 15.5. The van der Waals surface area contributed by atoms with Crippen LogP contribution in [0.15, 0.2) is 77.3 Å². The van der Waals surface area contributed by atoms with Crippen LogP contribution in [0.25, 0.3) is 0 Å². The third-order valence-electron chi connectivity index (χ3n) is 4.40. The molecule has 0 atom stereocenters. The lowest BCUT2D eigenvalue weighted by Gasteiger charge is -2.13. The minimum Gasteiger partial charge on any atom is -0.434 e. The monoisotopic (exact) mass is 496 g/mol. The Morgan fingerprint density at radius 3 is 2.28 bits per heavy atom. The molecular weight excluding hydrogens is 476 g/mol. The number of carbonyl (C=O) groups excluding carboxylic acids is 3. The summed E-state index contributed by atoms with van der Waals surface area (Å²) in [5, 5.41) is 5.72. The molecule has 0 aliphatic heterocycles. The fourth-order valence-corrected chi connectivity index (χ4v) is 3.29. The van der Waals surface area contributed by atoms with Gasteiger partial charge in [0, 0.05) is 22.3 Å². The summed E-state index contributed by atoms with van der Waals surface area (Å²) in [6, 6.07) is 20.5. The van der Waals surface area contributed by atoms with Gasteiger partial charge < -0.3 is 20.1 Å². The van der Waals surface area contributed by atoms with Crippen LogP contribution >= 0.6 is 15.9 Å². The molecule has 0 aliphatic carbocycles.